The van der Waals surface area contributed by atoms with Gasteiger partial charge in [0.05, 0.1) is 6.20 Å². The Morgan fingerprint density at radius 1 is 1.86 bits per heavy atom. The number of rotatable bonds is 0. The molecule has 7 heavy (non-hydrogen) atoms. The third-order valence-electron chi connectivity index (χ3n) is 0.511. The molecule has 0 fully saturated rings. The van der Waals surface area contributed by atoms with Gasteiger partial charge in [0.2, 0.25) is 0 Å². The van der Waals surface area contributed by atoms with Crippen LogP contribution in [0.15, 0.2) is 15.7 Å². The smallest absolute Gasteiger partial charge is 0.292 e. The molecule has 0 radical (unpaired) electrons. The molecule has 0 amide bonds. The van der Waals surface area contributed by atoms with E-state index < -0.39 is 0 Å². The zero-order valence-corrected chi connectivity index (χ0v) is 4.35. The van der Waals surface area contributed by atoms with Crippen molar-refractivity contribution in [1.29, 1.82) is 0 Å². The van der Waals surface area contributed by atoms with Crippen molar-refractivity contribution in [3.05, 3.63) is 6.20 Å². The van der Waals surface area contributed by atoms with Crippen LogP contribution in [0.25, 0.3) is 0 Å². The van der Waals surface area contributed by atoms with E-state index in [0.717, 1.165) is 0 Å². The van der Waals surface area contributed by atoms with Gasteiger partial charge in [0.25, 0.3) is 6.01 Å². The van der Waals surface area contributed by atoms with Gasteiger partial charge < -0.3 is 10.2 Å². The van der Waals surface area contributed by atoms with E-state index in [2.05, 4.69) is 22.0 Å². The summed E-state index contributed by atoms with van der Waals surface area (Å²) < 4.78 is 4.61. The lowest BCUT2D eigenvalue weighted by Crippen LogP contribution is -1.79. The number of aromatic nitrogens is 1. The van der Waals surface area contributed by atoms with Crippen molar-refractivity contribution < 1.29 is 4.42 Å². The molecule has 0 unspecified atom stereocenters. The van der Waals surface area contributed by atoms with Crippen molar-refractivity contribution in [2.45, 2.75) is 5.09 Å². The Hall–Kier alpha value is -0.640. The van der Waals surface area contributed by atoms with E-state index in [-0.39, 0.29) is 6.01 Å². The summed E-state index contributed by atoms with van der Waals surface area (Å²) in [4.78, 5) is 3.55. The summed E-state index contributed by atoms with van der Waals surface area (Å²) in [6, 6.07) is 0.157. The highest BCUT2D eigenvalue weighted by atomic mass is 32.1. The summed E-state index contributed by atoms with van der Waals surface area (Å²) in [5, 5.41) is 0.442. The van der Waals surface area contributed by atoms with E-state index >= 15 is 0 Å². The SMILES string of the molecule is Nc1ncc(S)o1. The Labute approximate surface area is 45.9 Å². The molecule has 0 atom stereocenters. The maximum atomic E-state index is 5.05. The van der Waals surface area contributed by atoms with Crippen molar-refractivity contribution in [3.63, 3.8) is 0 Å². The van der Waals surface area contributed by atoms with E-state index in [1.807, 2.05) is 0 Å². The predicted octanol–water partition coefficient (Wildman–Crippen LogP) is 0.546. The van der Waals surface area contributed by atoms with Crippen LogP contribution in [0.2, 0.25) is 0 Å². The average molecular weight is 116 g/mol. The molecule has 0 aliphatic rings. The van der Waals surface area contributed by atoms with Gasteiger partial charge in [-0.25, -0.2) is 4.98 Å². The zero-order chi connectivity index (χ0) is 5.28. The first-order chi connectivity index (χ1) is 3.29. The van der Waals surface area contributed by atoms with Gasteiger partial charge in [0.15, 0.2) is 5.09 Å². The van der Waals surface area contributed by atoms with Crippen molar-refractivity contribution in [3.8, 4) is 0 Å². The summed E-state index contributed by atoms with van der Waals surface area (Å²) in [5.74, 6) is 0. The topological polar surface area (TPSA) is 52.0 Å². The lowest BCUT2D eigenvalue weighted by atomic mass is 11.0. The third kappa shape index (κ3) is 0.866. The van der Waals surface area contributed by atoms with E-state index in [4.69, 9.17) is 5.73 Å². The van der Waals surface area contributed by atoms with Gasteiger partial charge in [0, 0.05) is 0 Å². The molecular weight excluding hydrogens is 112 g/mol. The van der Waals surface area contributed by atoms with Gasteiger partial charge in [0.1, 0.15) is 0 Å². The third-order valence-corrected chi connectivity index (χ3v) is 0.718. The van der Waals surface area contributed by atoms with Gasteiger partial charge in [-0.3, -0.25) is 0 Å². The summed E-state index contributed by atoms with van der Waals surface area (Å²) in [6.07, 6.45) is 1.44. The highest BCUT2D eigenvalue weighted by molar-refractivity contribution is 7.80. The maximum Gasteiger partial charge on any atom is 0.292 e. The maximum absolute atomic E-state index is 5.05. The van der Waals surface area contributed by atoms with E-state index in [9.17, 15) is 0 Å². The first kappa shape index (κ1) is 4.52. The molecule has 4 heteroatoms. The van der Waals surface area contributed by atoms with Crippen LogP contribution in [0.5, 0.6) is 0 Å². The van der Waals surface area contributed by atoms with Gasteiger partial charge in [-0.1, -0.05) is 0 Å². The highest BCUT2D eigenvalue weighted by Gasteiger charge is 1.89. The molecule has 0 saturated heterocycles. The van der Waals surface area contributed by atoms with E-state index in [1.165, 1.54) is 6.20 Å². The number of hydrogen-bond donors (Lipinski definition) is 2. The minimum Gasteiger partial charge on any atom is -0.418 e. The monoisotopic (exact) mass is 116 g/mol. The van der Waals surface area contributed by atoms with Crippen LogP contribution in [-0.4, -0.2) is 4.98 Å². The van der Waals surface area contributed by atoms with Crippen molar-refractivity contribution in [2.75, 3.05) is 5.73 Å². The van der Waals surface area contributed by atoms with Gasteiger partial charge in [-0.15, -0.1) is 12.6 Å². The minimum absolute atomic E-state index is 0.157. The van der Waals surface area contributed by atoms with Crippen molar-refractivity contribution in [1.82, 2.24) is 4.98 Å². The highest BCUT2D eigenvalue weighted by Crippen LogP contribution is 2.06. The van der Waals surface area contributed by atoms with Gasteiger partial charge >= 0.3 is 0 Å². The molecule has 38 valence electrons. The second-order valence-corrected chi connectivity index (χ2v) is 1.48. The summed E-state index contributed by atoms with van der Waals surface area (Å²) in [5.41, 5.74) is 5.05. The summed E-state index contributed by atoms with van der Waals surface area (Å²) >= 11 is 3.80. The van der Waals surface area contributed by atoms with Crippen LogP contribution in [0, 0.1) is 0 Å². The second kappa shape index (κ2) is 1.46. The first-order valence-corrected chi connectivity index (χ1v) is 2.14. The molecule has 1 aromatic heterocycles. The van der Waals surface area contributed by atoms with Crippen LogP contribution in [0.4, 0.5) is 6.01 Å². The molecular formula is C3H4N2OS. The fourth-order valence-electron chi connectivity index (χ4n) is 0.279. The molecule has 1 heterocycles. The molecule has 2 N–H and O–H groups in total. The van der Waals surface area contributed by atoms with Crippen LogP contribution in [0.1, 0.15) is 0 Å². The fraction of sp³-hybridized carbons (Fsp3) is 0. The van der Waals surface area contributed by atoms with Crippen molar-refractivity contribution in [2.24, 2.45) is 0 Å². The predicted molar refractivity (Wildman–Crippen MR) is 28.2 cm³/mol. The fourth-order valence-corrected chi connectivity index (χ4v) is 0.430. The molecule has 0 saturated carbocycles. The quantitative estimate of drug-likeness (QED) is 0.486. The lowest BCUT2D eigenvalue weighted by molar-refractivity contribution is 0.491. The van der Waals surface area contributed by atoms with Crippen LogP contribution >= 0.6 is 12.6 Å². The number of nitrogens with zero attached hydrogens (tertiary/aromatic N) is 1. The van der Waals surface area contributed by atoms with E-state index in [1.54, 1.807) is 0 Å². The largest absolute Gasteiger partial charge is 0.418 e. The normalized spacial score (nSPS) is 9.29. The van der Waals surface area contributed by atoms with Crippen LogP contribution in [-0.2, 0) is 0 Å². The Morgan fingerprint density at radius 2 is 2.57 bits per heavy atom. The van der Waals surface area contributed by atoms with E-state index in [0.29, 0.717) is 5.09 Å². The summed E-state index contributed by atoms with van der Waals surface area (Å²) in [6.45, 7) is 0. The number of anilines is 1. The first-order valence-electron chi connectivity index (χ1n) is 1.69. The Kier molecular flexibility index (Phi) is 0.941. The molecule has 0 aromatic carbocycles. The Bertz CT molecular complexity index is 145. The second-order valence-electron chi connectivity index (χ2n) is 1.04. The Balaban J connectivity index is 3.04. The zero-order valence-electron chi connectivity index (χ0n) is 3.46. The standard InChI is InChI=1S/C3H4N2OS/c4-3-5-1-2(7)6-3/h1,7H,(H2,4,5). The number of oxazole rings is 1. The number of hydrogen-bond acceptors (Lipinski definition) is 4. The molecule has 0 spiro atoms. The molecule has 0 bridgehead atoms. The Morgan fingerprint density at radius 3 is 2.71 bits per heavy atom. The lowest BCUT2D eigenvalue weighted by Gasteiger charge is -1.73. The summed E-state index contributed by atoms with van der Waals surface area (Å²) in [7, 11) is 0. The molecule has 1 rings (SSSR count). The number of thiol groups is 1. The molecule has 0 aliphatic heterocycles. The molecule has 1 aromatic rings. The minimum atomic E-state index is 0.157. The number of nitrogens with two attached hydrogens (primary N) is 1. The molecule has 3 nitrogen and oxygen atoms in total. The van der Waals surface area contributed by atoms with Crippen LogP contribution < -0.4 is 5.73 Å². The van der Waals surface area contributed by atoms with Crippen molar-refractivity contribution >= 4 is 18.6 Å². The van der Waals surface area contributed by atoms with Crippen LogP contribution in [0.3, 0.4) is 0 Å². The van der Waals surface area contributed by atoms with Gasteiger partial charge in [-0.05, 0) is 0 Å². The number of nitrogen functional groups attached to an aromatic ring is 1. The molecule has 0 aliphatic carbocycles. The van der Waals surface area contributed by atoms with Gasteiger partial charge in [-0.2, -0.15) is 0 Å². The average Bonchev–Trinajstić information content (AvgIpc) is 1.87.